The van der Waals surface area contributed by atoms with Crippen LogP contribution in [0.4, 0.5) is 0 Å². The lowest BCUT2D eigenvalue weighted by Gasteiger charge is -2.33. The smallest absolute Gasteiger partial charge is 0.329 e. The third kappa shape index (κ3) is 3.47. The molecule has 1 heterocycles. The van der Waals surface area contributed by atoms with Crippen molar-refractivity contribution < 1.29 is 9.53 Å². The van der Waals surface area contributed by atoms with Gasteiger partial charge in [-0.15, -0.1) is 0 Å². The van der Waals surface area contributed by atoms with Crippen LogP contribution in [-0.4, -0.2) is 29.1 Å². The number of rotatable bonds is 1. The zero-order valence-electron chi connectivity index (χ0n) is 9.75. The van der Waals surface area contributed by atoms with Crippen LogP contribution in [0.5, 0.6) is 0 Å². The number of ether oxygens (including phenoxy) is 1. The zero-order valence-corrected chi connectivity index (χ0v) is 9.75. The molecule has 0 aromatic heterocycles. The Morgan fingerprint density at radius 2 is 2.13 bits per heavy atom. The Morgan fingerprint density at radius 1 is 1.47 bits per heavy atom. The number of likely N-dealkylation sites (tertiary alicyclic amines) is 1. The van der Waals surface area contributed by atoms with Crippen LogP contribution in [0.15, 0.2) is 0 Å². The van der Waals surface area contributed by atoms with Gasteiger partial charge in [-0.25, -0.2) is 4.79 Å². The van der Waals surface area contributed by atoms with E-state index < -0.39 is 5.60 Å². The highest BCUT2D eigenvalue weighted by Crippen LogP contribution is 2.19. The molecule has 84 valence electrons. The van der Waals surface area contributed by atoms with Gasteiger partial charge in [-0.1, -0.05) is 6.42 Å². The van der Waals surface area contributed by atoms with Crippen molar-refractivity contribution >= 4 is 5.97 Å². The molecule has 0 spiro atoms. The predicted molar refractivity (Wildman–Crippen MR) is 59.0 cm³/mol. The van der Waals surface area contributed by atoms with E-state index in [-0.39, 0.29) is 12.0 Å². The van der Waals surface area contributed by atoms with Crippen LogP contribution in [-0.2, 0) is 9.53 Å². The second kappa shape index (κ2) is 4.57. The number of esters is 1. The molecule has 15 heavy (non-hydrogen) atoms. The minimum absolute atomic E-state index is 0.194. The fourth-order valence-corrected chi connectivity index (χ4v) is 1.70. The SMILES string of the molecule is C#CN1CCCCC1C(=O)OC(C)(C)C. The normalized spacial score (nSPS) is 22.0. The van der Waals surface area contributed by atoms with Gasteiger partial charge < -0.3 is 9.64 Å². The first-order valence-electron chi connectivity index (χ1n) is 5.40. The monoisotopic (exact) mass is 209 g/mol. The fourth-order valence-electron chi connectivity index (χ4n) is 1.70. The Kier molecular flexibility index (Phi) is 3.62. The van der Waals surface area contributed by atoms with Crippen LogP contribution in [0.1, 0.15) is 40.0 Å². The van der Waals surface area contributed by atoms with Gasteiger partial charge >= 0.3 is 5.97 Å². The van der Waals surface area contributed by atoms with E-state index in [2.05, 4.69) is 6.04 Å². The number of terminal acetylenes is 1. The van der Waals surface area contributed by atoms with Crippen LogP contribution in [0.2, 0.25) is 0 Å². The molecule has 0 N–H and O–H groups in total. The Morgan fingerprint density at radius 3 is 2.67 bits per heavy atom. The van der Waals surface area contributed by atoms with E-state index in [0.717, 1.165) is 25.8 Å². The van der Waals surface area contributed by atoms with E-state index in [1.165, 1.54) is 0 Å². The Bertz CT molecular complexity index is 272. The maximum Gasteiger partial charge on any atom is 0.329 e. The van der Waals surface area contributed by atoms with E-state index >= 15 is 0 Å². The van der Waals surface area contributed by atoms with Crippen LogP contribution < -0.4 is 0 Å². The molecule has 0 amide bonds. The minimum Gasteiger partial charge on any atom is -0.458 e. The first kappa shape index (κ1) is 11.9. The summed E-state index contributed by atoms with van der Waals surface area (Å²) in [6.07, 6.45) is 8.27. The average molecular weight is 209 g/mol. The molecule has 1 atom stereocenters. The van der Waals surface area contributed by atoms with Crippen molar-refractivity contribution in [3.63, 3.8) is 0 Å². The first-order valence-corrected chi connectivity index (χ1v) is 5.40. The quantitative estimate of drug-likeness (QED) is 0.487. The van der Waals surface area contributed by atoms with Crippen molar-refractivity contribution in [2.45, 2.75) is 51.7 Å². The van der Waals surface area contributed by atoms with Crippen molar-refractivity contribution in [3.8, 4) is 12.5 Å². The van der Waals surface area contributed by atoms with E-state index in [1.807, 2.05) is 20.8 Å². The summed E-state index contributed by atoms with van der Waals surface area (Å²) in [4.78, 5) is 13.6. The number of piperidine rings is 1. The molecule has 1 unspecified atom stereocenters. The summed E-state index contributed by atoms with van der Waals surface area (Å²) >= 11 is 0. The summed E-state index contributed by atoms with van der Waals surface area (Å²) in [5.74, 6) is -0.194. The van der Waals surface area contributed by atoms with Gasteiger partial charge in [0.25, 0.3) is 0 Å². The lowest BCUT2D eigenvalue weighted by atomic mass is 10.0. The summed E-state index contributed by atoms with van der Waals surface area (Å²) in [5.41, 5.74) is -0.436. The Labute approximate surface area is 91.8 Å². The van der Waals surface area contributed by atoms with Crippen LogP contribution in [0.25, 0.3) is 0 Å². The lowest BCUT2D eigenvalue weighted by molar-refractivity contribution is -0.161. The molecular formula is C12H19NO2. The van der Waals surface area contributed by atoms with Crippen molar-refractivity contribution in [2.75, 3.05) is 6.54 Å². The molecule has 1 fully saturated rings. The van der Waals surface area contributed by atoms with Crippen molar-refractivity contribution in [2.24, 2.45) is 0 Å². The molecule has 1 saturated heterocycles. The van der Waals surface area contributed by atoms with E-state index in [9.17, 15) is 4.79 Å². The molecule has 1 aliphatic heterocycles. The lowest BCUT2D eigenvalue weighted by Crippen LogP contribution is -2.44. The van der Waals surface area contributed by atoms with Gasteiger partial charge in [-0.3, -0.25) is 0 Å². The molecular weight excluding hydrogens is 190 g/mol. The van der Waals surface area contributed by atoms with Gasteiger partial charge in [-0.2, -0.15) is 0 Å². The first-order chi connectivity index (χ1) is 6.94. The highest BCUT2D eigenvalue weighted by atomic mass is 16.6. The number of hydrogen-bond donors (Lipinski definition) is 0. The Balaban J connectivity index is 2.61. The maximum absolute atomic E-state index is 11.8. The van der Waals surface area contributed by atoms with Crippen LogP contribution in [0.3, 0.4) is 0 Å². The highest BCUT2D eigenvalue weighted by molar-refractivity contribution is 5.76. The topological polar surface area (TPSA) is 29.5 Å². The van der Waals surface area contributed by atoms with Crippen LogP contribution in [0, 0.1) is 12.5 Å². The fraction of sp³-hybridized carbons (Fsp3) is 0.750. The predicted octanol–water partition coefficient (Wildman–Crippen LogP) is 1.77. The van der Waals surface area contributed by atoms with E-state index in [1.54, 1.807) is 4.90 Å². The molecule has 3 nitrogen and oxygen atoms in total. The summed E-state index contributed by atoms with van der Waals surface area (Å²) in [6.45, 7) is 6.40. The van der Waals surface area contributed by atoms with Gasteiger partial charge in [0, 0.05) is 12.6 Å². The molecule has 0 bridgehead atoms. The summed E-state index contributed by atoms with van der Waals surface area (Å²) in [6, 6.07) is 2.31. The van der Waals surface area contributed by atoms with Crippen molar-refractivity contribution in [3.05, 3.63) is 0 Å². The third-order valence-electron chi connectivity index (χ3n) is 2.35. The van der Waals surface area contributed by atoms with Crippen molar-refractivity contribution in [1.29, 1.82) is 0 Å². The minimum atomic E-state index is -0.436. The number of carbonyl (C=O) groups is 1. The highest BCUT2D eigenvalue weighted by Gasteiger charge is 2.30. The summed E-state index contributed by atoms with van der Waals surface area (Å²) < 4.78 is 5.33. The van der Waals surface area contributed by atoms with Gasteiger partial charge in [0.15, 0.2) is 0 Å². The van der Waals surface area contributed by atoms with Gasteiger partial charge in [0.2, 0.25) is 0 Å². The number of carbonyl (C=O) groups excluding carboxylic acids is 1. The Hall–Kier alpha value is -1.17. The van der Waals surface area contributed by atoms with Crippen LogP contribution >= 0.6 is 0 Å². The summed E-state index contributed by atoms with van der Waals surface area (Å²) in [7, 11) is 0. The number of hydrogen-bond acceptors (Lipinski definition) is 3. The molecule has 0 aromatic carbocycles. The molecule has 1 rings (SSSR count). The van der Waals surface area contributed by atoms with Crippen molar-refractivity contribution in [1.82, 2.24) is 4.90 Å². The van der Waals surface area contributed by atoms with Gasteiger partial charge in [0.05, 0.1) is 0 Å². The second-order valence-electron chi connectivity index (χ2n) is 4.87. The average Bonchev–Trinajstić information content (AvgIpc) is 2.15. The molecule has 1 aliphatic rings. The van der Waals surface area contributed by atoms with E-state index in [0.29, 0.717) is 0 Å². The second-order valence-corrected chi connectivity index (χ2v) is 4.87. The standard InChI is InChI=1S/C12H19NO2/c1-5-13-9-7-6-8-10(13)11(14)15-12(2,3)4/h1,10H,6-9H2,2-4H3. The molecule has 0 aromatic rings. The van der Waals surface area contributed by atoms with E-state index in [4.69, 9.17) is 11.2 Å². The molecule has 0 saturated carbocycles. The molecule has 3 heteroatoms. The zero-order chi connectivity index (χ0) is 11.5. The van der Waals surface area contributed by atoms with Gasteiger partial charge in [0.1, 0.15) is 11.6 Å². The number of nitrogens with zero attached hydrogens (tertiary/aromatic N) is 1. The third-order valence-corrected chi connectivity index (χ3v) is 2.35. The molecule has 0 aliphatic carbocycles. The summed E-state index contributed by atoms with van der Waals surface area (Å²) in [5, 5.41) is 0. The van der Waals surface area contributed by atoms with Gasteiger partial charge in [-0.05, 0) is 40.0 Å². The molecule has 0 radical (unpaired) electrons. The largest absolute Gasteiger partial charge is 0.458 e. The maximum atomic E-state index is 11.8.